The fraction of sp³-hybridized carbons (Fsp3) is 0.500. The van der Waals surface area contributed by atoms with Crippen LogP contribution in [0.3, 0.4) is 0 Å². The largest absolute Gasteiger partial charge is 0.463 e. The number of ether oxygens (including phenoxy) is 1. The number of allylic oxidation sites excluding steroid dienone is 1. The van der Waals surface area contributed by atoms with Crippen LogP contribution < -0.4 is 0 Å². The Kier molecular flexibility index (Phi) is 11.2. The Balaban J connectivity index is 2.49. The summed E-state index contributed by atoms with van der Waals surface area (Å²) >= 11 is 2.22. The van der Waals surface area contributed by atoms with Gasteiger partial charge in [-0.1, -0.05) is 31.6 Å². The van der Waals surface area contributed by atoms with Gasteiger partial charge in [-0.25, -0.2) is 4.79 Å². The Bertz CT molecular complexity index is 572. The van der Waals surface area contributed by atoms with Crippen LogP contribution in [-0.2, 0) is 9.53 Å². The molecule has 0 radical (unpaired) electrons. The summed E-state index contributed by atoms with van der Waals surface area (Å²) in [5.41, 5.74) is 0.779. The van der Waals surface area contributed by atoms with Crippen molar-refractivity contribution in [3.63, 3.8) is 0 Å². The summed E-state index contributed by atoms with van der Waals surface area (Å²) in [5.74, 6) is -0.179. The molecule has 0 unspecified atom stereocenters. The van der Waals surface area contributed by atoms with Crippen LogP contribution in [0.1, 0.15) is 56.3 Å². The second kappa shape index (κ2) is 12.9. The molecule has 0 saturated heterocycles. The molecule has 0 atom stereocenters. The molecule has 0 aliphatic carbocycles. The number of carbonyl (C=O) groups is 2. The Morgan fingerprint density at radius 3 is 2.52 bits per heavy atom. The fourth-order valence-corrected chi connectivity index (χ4v) is 3.02. The zero-order valence-corrected chi connectivity index (χ0v) is 17.3. The Morgan fingerprint density at radius 2 is 1.84 bits per heavy atom. The highest BCUT2D eigenvalue weighted by Gasteiger charge is 2.16. The van der Waals surface area contributed by atoms with E-state index in [0.29, 0.717) is 6.61 Å². The minimum atomic E-state index is -0.291. The average Bonchev–Trinajstić information content (AvgIpc) is 2.60. The molecular formula is C20H28INO3. The highest BCUT2D eigenvalue weighted by atomic mass is 127. The molecule has 25 heavy (non-hydrogen) atoms. The van der Waals surface area contributed by atoms with Crippen molar-refractivity contribution in [2.75, 3.05) is 19.7 Å². The van der Waals surface area contributed by atoms with E-state index in [1.54, 1.807) is 6.92 Å². The zero-order chi connectivity index (χ0) is 18.5. The van der Waals surface area contributed by atoms with Crippen molar-refractivity contribution >= 4 is 34.5 Å². The van der Waals surface area contributed by atoms with E-state index in [-0.39, 0.29) is 11.9 Å². The van der Waals surface area contributed by atoms with Crippen LogP contribution in [0, 0.1) is 3.57 Å². The predicted octanol–water partition coefficient (Wildman–Crippen LogP) is 4.82. The van der Waals surface area contributed by atoms with Crippen molar-refractivity contribution in [2.24, 2.45) is 0 Å². The molecule has 0 aliphatic rings. The second-order valence-electron chi connectivity index (χ2n) is 5.78. The molecule has 5 heteroatoms. The van der Waals surface area contributed by atoms with Crippen molar-refractivity contribution in [2.45, 2.75) is 46.0 Å². The maximum Gasteiger partial charge on any atom is 0.330 e. The van der Waals surface area contributed by atoms with E-state index in [1.807, 2.05) is 35.2 Å². The van der Waals surface area contributed by atoms with Gasteiger partial charge in [0.2, 0.25) is 0 Å². The first-order valence-corrected chi connectivity index (χ1v) is 10.0. The van der Waals surface area contributed by atoms with E-state index in [0.717, 1.165) is 54.3 Å². The van der Waals surface area contributed by atoms with E-state index >= 15 is 0 Å². The molecular weight excluding hydrogens is 429 g/mol. The van der Waals surface area contributed by atoms with Gasteiger partial charge in [0.25, 0.3) is 5.91 Å². The molecule has 0 spiro atoms. The van der Waals surface area contributed by atoms with Crippen LogP contribution in [-0.4, -0.2) is 36.5 Å². The van der Waals surface area contributed by atoms with Gasteiger partial charge in [0.05, 0.1) is 12.2 Å². The highest BCUT2D eigenvalue weighted by Crippen LogP contribution is 2.15. The quantitative estimate of drug-likeness (QED) is 0.207. The number of amides is 1. The SMILES string of the molecule is CCCCN(CCCC/C=C\C(=O)OCC)C(=O)c1ccccc1I. The standard InChI is InChI=1S/C20H28INO3/c1-3-5-15-22(20(24)17-12-9-10-13-18(17)21)16-11-7-6-8-14-19(23)25-4-2/h8-10,12-14H,3-7,11,15-16H2,1-2H3/b14-8-. The topological polar surface area (TPSA) is 46.6 Å². The molecule has 138 valence electrons. The zero-order valence-electron chi connectivity index (χ0n) is 15.2. The van der Waals surface area contributed by atoms with Crippen LogP contribution in [0.2, 0.25) is 0 Å². The Morgan fingerprint density at radius 1 is 1.12 bits per heavy atom. The summed E-state index contributed by atoms with van der Waals surface area (Å²) < 4.78 is 5.83. The molecule has 1 rings (SSSR count). The number of unbranched alkanes of at least 4 members (excludes halogenated alkanes) is 3. The molecule has 1 aromatic carbocycles. The number of carbonyl (C=O) groups excluding carboxylic acids is 2. The lowest BCUT2D eigenvalue weighted by molar-refractivity contribution is -0.137. The third-order valence-corrected chi connectivity index (χ3v) is 4.70. The molecule has 4 nitrogen and oxygen atoms in total. The number of nitrogens with zero attached hydrogens (tertiary/aromatic N) is 1. The van der Waals surface area contributed by atoms with Crippen LogP contribution in [0.15, 0.2) is 36.4 Å². The van der Waals surface area contributed by atoms with E-state index in [1.165, 1.54) is 6.08 Å². The molecule has 0 fully saturated rings. The third kappa shape index (κ3) is 8.52. The van der Waals surface area contributed by atoms with Crippen LogP contribution in [0.5, 0.6) is 0 Å². The first-order chi connectivity index (χ1) is 12.1. The lowest BCUT2D eigenvalue weighted by atomic mass is 10.1. The maximum atomic E-state index is 12.8. The number of hydrogen-bond donors (Lipinski definition) is 0. The lowest BCUT2D eigenvalue weighted by Crippen LogP contribution is -2.33. The normalized spacial score (nSPS) is 10.8. The maximum absolute atomic E-state index is 12.8. The molecule has 0 heterocycles. The van der Waals surface area contributed by atoms with Gasteiger partial charge < -0.3 is 9.64 Å². The number of rotatable bonds is 11. The van der Waals surface area contributed by atoms with E-state index in [4.69, 9.17) is 4.74 Å². The average molecular weight is 457 g/mol. The van der Waals surface area contributed by atoms with Gasteiger partial charge in [-0.2, -0.15) is 0 Å². The smallest absolute Gasteiger partial charge is 0.330 e. The van der Waals surface area contributed by atoms with Crippen molar-refractivity contribution in [3.8, 4) is 0 Å². The van der Waals surface area contributed by atoms with Gasteiger partial charge in [0, 0.05) is 22.7 Å². The predicted molar refractivity (Wildman–Crippen MR) is 110 cm³/mol. The van der Waals surface area contributed by atoms with Crippen molar-refractivity contribution in [1.29, 1.82) is 0 Å². The first-order valence-electron chi connectivity index (χ1n) is 8.97. The summed E-state index contributed by atoms with van der Waals surface area (Å²) in [7, 11) is 0. The summed E-state index contributed by atoms with van der Waals surface area (Å²) in [6, 6.07) is 7.72. The minimum absolute atomic E-state index is 0.112. The van der Waals surface area contributed by atoms with Crippen molar-refractivity contribution in [3.05, 3.63) is 45.6 Å². The van der Waals surface area contributed by atoms with Gasteiger partial charge in [-0.15, -0.1) is 0 Å². The van der Waals surface area contributed by atoms with Gasteiger partial charge in [0.1, 0.15) is 0 Å². The summed E-state index contributed by atoms with van der Waals surface area (Å²) in [4.78, 5) is 26.0. The Labute approximate surface area is 164 Å². The summed E-state index contributed by atoms with van der Waals surface area (Å²) in [5, 5.41) is 0. The first kappa shape index (κ1) is 21.7. The monoisotopic (exact) mass is 457 g/mol. The molecule has 1 aromatic rings. The number of halogens is 1. The second-order valence-corrected chi connectivity index (χ2v) is 6.94. The van der Waals surface area contributed by atoms with Crippen LogP contribution in [0.25, 0.3) is 0 Å². The van der Waals surface area contributed by atoms with Crippen molar-refractivity contribution < 1.29 is 14.3 Å². The van der Waals surface area contributed by atoms with E-state index < -0.39 is 0 Å². The highest BCUT2D eigenvalue weighted by molar-refractivity contribution is 14.1. The number of esters is 1. The van der Waals surface area contributed by atoms with Crippen molar-refractivity contribution in [1.82, 2.24) is 4.90 Å². The number of hydrogen-bond acceptors (Lipinski definition) is 3. The van der Waals surface area contributed by atoms with Gasteiger partial charge >= 0.3 is 5.97 Å². The van der Waals surface area contributed by atoms with Gasteiger partial charge in [0.15, 0.2) is 0 Å². The molecule has 0 aromatic heterocycles. The molecule has 0 N–H and O–H groups in total. The Hall–Kier alpha value is -1.37. The lowest BCUT2D eigenvalue weighted by Gasteiger charge is -2.23. The molecule has 0 bridgehead atoms. The summed E-state index contributed by atoms with van der Waals surface area (Å²) in [6.45, 7) is 5.86. The molecule has 0 saturated carbocycles. The molecule has 0 aliphatic heterocycles. The minimum Gasteiger partial charge on any atom is -0.463 e. The van der Waals surface area contributed by atoms with Crippen LogP contribution >= 0.6 is 22.6 Å². The third-order valence-electron chi connectivity index (χ3n) is 3.76. The van der Waals surface area contributed by atoms with E-state index in [2.05, 4.69) is 29.5 Å². The van der Waals surface area contributed by atoms with E-state index in [9.17, 15) is 9.59 Å². The number of benzene rings is 1. The van der Waals surface area contributed by atoms with Gasteiger partial charge in [-0.05, 0) is 67.3 Å². The summed E-state index contributed by atoms with van der Waals surface area (Å²) in [6.07, 6.45) is 8.09. The van der Waals surface area contributed by atoms with Crippen LogP contribution in [0.4, 0.5) is 0 Å². The molecule has 1 amide bonds. The van der Waals surface area contributed by atoms with Gasteiger partial charge in [-0.3, -0.25) is 4.79 Å². The fourth-order valence-electron chi connectivity index (χ4n) is 2.40.